The maximum atomic E-state index is 4.44. The second-order valence-electron chi connectivity index (χ2n) is 3.56. The molecule has 0 aliphatic rings. The number of hydrogen-bond acceptors (Lipinski definition) is 2. The van der Waals surface area contributed by atoms with Gasteiger partial charge in [-0.05, 0) is 26.2 Å². The summed E-state index contributed by atoms with van der Waals surface area (Å²) in [5, 5.41) is 0. The van der Waals surface area contributed by atoms with E-state index in [0.717, 1.165) is 26.2 Å². The van der Waals surface area contributed by atoms with Crippen molar-refractivity contribution in [3.63, 3.8) is 0 Å². The zero-order valence-electron chi connectivity index (χ0n) is 11.0. The predicted molar refractivity (Wildman–Crippen MR) is 68.6 cm³/mol. The molecule has 0 aliphatic carbocycles. The summed E-state index contributed by atoms with van der Waals surface area (Å²) in [6, 6.07) is 0. The summed E-state index contributed by atoms with van der Waals surface area (Å²) in [7, 11) is -1.55. The number of nitrogens with zero attached hydrogens (tertiary/aromatic N) is 2. The van der Waals surface area contributed by atoms with Gasteiger partial charge in [-0.1, -0.05) is 34.2 Å². The molecule has 88 valence electrons. The molecule has 0 saturated carbocycles. The predicted octanol–water partition coefficient (Wildman–Crippen LogP) is -1.26. The van der Waals surface area contributed by atoms with Crippen LogP contribution in [0.5, 0.6) is 0 Å². The molecule has 0 saturated heterocycles. The van der Waals surface area contributed by atoms with Crippen LogP contribution < -0.4 is 12.4 Å². The monoisotopic (exact) mass is 260 g/mol. The van der Waals surface area contributed by atoms with Gasteiger partial charge in [-0.2, -0.15) is 0 Å². The van der Waals surface area contributed by atoms with Gasteiger partial charge in [-0.3, -0.25) is 0 Å². The molecule has 2 nitrogen and oxygen atoms in total. The minimum absolute atomic E-state index is 0. The van der Waals surface area contributed by atoms with Crippen molar-refractivity contribution in [2.45, 2.75) is 34.2 Å². The number of rotatable bonds is 6. The summed E-state index contributed by atoms with van der Waals surface area (Å²) in [5.41, 5.74) is 0. The Bertz CT molecular complexity index is 125. The van der Waals surface area contributed by atoms with Crippen LogP contribution in [-0.4, -0.2) is 66.8 Å². The molecular weight excluding hydrogens is 236 g/mol. The van der Waals surface area contributed by atoms with Crippen LogP contribution in [0.4, 0.5) is 0 Å². The molecule has 0 aliphatic heterocycles. The van der Waals surface area contributed by atoms with Crippen molar-refractivity contribution in [2.24, 2.45) is 0 Å². The van der Waals surface area contributed by atoms with E-state index >= 15 is 0 Å². The number of halogens is 1. The van der Waals surface area contributed by atoms with Gasteiger partial charge in [-0.15, -0.1) is 0 Å². The minimum atomic E-state index is -1.55. The van der Waals surface area contributed by atoms with Gasteiger partial charge >= 0.3 is 23.1 Å². The zero-order valence-corrected chi connectivity index (χ0v) is 14.2. The van der Waals surface area contributed by atoms with Crippen LogP contribution in [0.15, 0.2) is 0 Å². The normalized spacial score (nSPS) is 11.2. The van der Waals surface area contributed by atoms with Gasteiger partial charge in [0, 0.05) is 8.40 Å². The van der Waals surface area contributed by atoms with E-state index in [2.05, 4.69) is 49.9 Å². The first kappa shape index (κ1) is 21.5. The Balaban J connectivity index is -0.000000720. The van der Waals surface area contributed by atoms with E-state index < -0.39 is 8.40 Å². The van der Waals surface area contributed by atoms with Crippen molar-refractivity contribution in [1.82, 2.24) is 9.13 Å². The van der Waals surface area contributed by atoms with Crippen LogP contribution in [0.3, 0.4) is 0 Å². The van der Waals surface area contributed by atoms with Crippen molar-refractivity contribution >= 4 is 31.4 Å². The molecule has 0 N–H and O–H groups in total. The van der Waals surface area contributed by atoms with Gasteiger partial charge in [-0.25, -0.2) is 0 Å². The second kappa shape index (κ2) is 10.4. The van der Waals surface area contributed by atoms with Gasteiger partial charge in [0.15, 0.2) is 0 Å². The summed E-state index contributed by atoms with van der Waals surface area (Å²) in [4.78, 5) is 0. The maximum absolute atomic E-state index is 4.44. The second-order valence-corrected chi connectivity index (χ2v) is 7.26. The Morgan fingerprint density at radius 2 is 1.07 bits per heavy atom. The molecule has 0 aromatic heterocycles. The Labute approximate surface area is 120 Å². The third-order valence-corrected chi connectivity index (χ3v) is 6.88. The molecule has 0 atom stereocenters. The van der Waals surface area contributed by atoms with E-state index in [4.69, 9.17) is 0 Å². The van der Waals surface area contributed by atoms with Crippen LogP contribution in [0.25, 0.3) is 0 Å². The summed E-state index contributed by atoms with van der Waals surface area (Å²) >= 11 is 0. The molecule has 0 rings (SSSR count). The SMILES string of the molecule is [CH2-][Si](C)(N(CC)CC)N(CC)CC.[Cl-].[Mg+2]. The Morgan fingerprint density at radius 1 is 0.867 bits per heavy atom. The van der Waals surface area contributed by atoms with Crippen LogP contribution in [0.2, 0.25) is 6.55 Å². The first-order chi connectivity index (χ1) is 6.04. The summed E-state index contributed by atoms with van der Waals surface area (Å²) < 4.78 is 5.06. The van der Waals surface area contributed by atoms with Gasteiger partial charge in [0.05, 0.1) is 0 Å². The van der Waals surface area contributed by atoms with Crippen molar-refractivity contribution in [1.29, 1.82) is 0 Å². The minimum Gasteiger partial charge on any atom is -1.00 e. The van der Waals surface area contributed by atoms with E-state index in [0.29, 0.717) is 0 Å². The molecule has 0 aromatic rings. The third kappa shape index (κ3) is 5.89. The number of hydrogen-bond donors (Lipinski definition) is 0. The van der Waals surface area contributed by atoms with Gasteiger partial charge < -0.3 is 28.1 Å². The van der Waals surface area contributed by atoms with Crippen molar-refractivity contribution < 1.29 is 12.4 Å². The average molecular weight is 261 g/mol. The van der Waals surface area contributed by atoms with E-state index in [1.165, 1.54) is 0 Å². The Hall–Kier alpha value is 1.19. The molecule has 0 bridgehead atoms. The fourth-order valence-corrected chi connectivity index (χ4v) is 5.13. The quantitative estimate of drug-likeness (QED) is 0.435. The molecular formula is C10H25ClMgN2Si. The third-order valence-electron chi connectivity index (χ3n) is 2.89. The molecule has 5 heteroatoms. The first-order valence-corrected chi connectivity index (χ1v) is 8.00. The fraction of sp³-hybridized carbons (Fsp3) is 0.900. The molecule has 0 radical (unpaired) electrons. The average Bonchev–Trinajstić information content (AvgIpc) is 2.07. The van der Waals surface area contributed by atoms with E-state index in [1.807, 2.05) is 0 Å². The van der Waals surface area contributed by atoms with Gasteiger partial charge in [0.1, 0.15) is 0 Å². The molecule has 0 heterocycles. The molecule has 0 unspecified atom stereocenters. The molecule has 0 aromatic carbocycles. The van der Waals surface area contributed by atoms with Crippen molar-refractivity contribution in [3.8, 4) is 0 Å². The molecule has 0 amide bonds. The van der Waals surface area contributed by atoms with E-state index in [9.17, 15) is 0 Å². The Kier molecular flexibility index (Phi) is 14.8. The van der Waals surface area contributed by atoms with Crippen molar-refractivity contribution in [2.75, 3.05) is 26.2 Å². The standard InChI is InChI=1S/C10H25N2Si.ClH.Mg/c1-7-11(8-2)13(5,6)12(9-3)10-4;;/h5,7-10H2,1-4,6H3;1H;/q-1;;+2/p-1. The fourth-order valence-electron chi connectivity index (χ4n) is 2.01. The summed E-state index contributed by atoms with van der Waals surface area (Å²) in [6.45, 7) is 20.2. The molecule has 0 spiro atoms. The first-order valence-electron chi connectivity index (χ1n) is 5.39. The van der Waals surface area contributed by atoms with Crippen molar-refractivity contribution in [3.05, 3.63) is 6.55 Å². The van der Waals surface area contributed by atoms with E-state index in [1.54, 1.807) is 0 Å². The van der Waals surface area contributed by atoms with Gasteiger partial charge in [0.25, 0.3) is 0 Å². The van der Waals surface area contributed by atoms with E-state index in [-0.39, 0.29) is 35.5 Å². The zero-order chi connectivity index (χ0) is 10.5. The Morgan fingerprint density at radius 3 is 1.20 bits per heavy atom. The topological polar surface area (TPSA) is 6.48 Å². The smallest absolute Gasteiger partial charge is 1.00 e. The maximum Gasteiger partial charge on any atom is 2.00 e. The largest absolute Gasteiger partial charge is 2.00 e. The molecule has 0 fully saturated rings. The summed E-state index contributed by atoms with van der Waals surface area (Å²) in [5.74, 6) is 0. The van der Waals surface area contributed by atoms with Gasteiger partial charge in [0.2, 0.25) is 0 Å². The van der Waals surface area contributed by atoms with Crippen LogP contribution >= 0.6 is 0 Å². The van der Waals surface area contributed by atoms with Crippen LogP contribution in [0, 0.1) is 6.55 Å². The molecule has 15 heavy (non-hydrogen) atoms. The van der Waals surface area contributed by atoms with Crippen LogP contribution in [0.1, 0.15) is 27.7 Å². The summed E-state index contributed by atoms with van der Waals surface area (Å²) in [6.07, 6.45) is 0. The van der Waals surface area contributed by atoms with Crippen LogP contribution in [-0.2, 0) is 0 Å².